The summed E-state index contributed by atoms with van der Waals surface area (Å²) in [5.74, 6) is 0.0739. The lowest BCUT2D eigenvalue weighted by Crippen LogP contribution is -2.33. The summed E-state index contributed by atoms with van der Waals surface area (Å²) >= 11 is 0. The minimum absolute atomic E-state index is 0.142. The average Bonchev–Trinajstić information content (AvgIpc) is 3.50. The highest BCUT2D eigenvalue weighted by atomic mass is 16.6. The molecule has 6 N–H and O–H groups in total. The molecule has 5 rings (SSSR count). The Morgan fingerprint density at radius 1 is 1.21 bits per heavy atom. The summed E-state index contributed by atoms with van der Waals surface area (Å²) in [6.07, 6.45) is 1.88. The average molecular weight is 451 g/mol. The van der Waals surface area contributed by atoms with Gasteiger partial charge in [-0.3, -0.25) is 9.36 Å². The number of aliphatic hydroxyl groups is 2. The van der Waals surface area contributed by atoms with E-state index in [1.54, 1.807) is 0 Å². The molecule has 3 aromatic heterocycles. The molecule has 0 saturated carbocycles. The summed E-state index contributed by atoms with van der Waals surface area (Å²) in [4.78, 5) is 27.8. The Bertz CT molecular complexity index is 1290. The third-order valence-corrected chi connectivity index (χ3v) is 6.05. The zero-order valence-corrected chi connectivity index (χ0v) is 17.8. The second-order valence-corrected chi connectivity index (χ2v) is 8.13. The lowest BCUT2D eigenvalue weighted by Gasteiger charge is -2.16. The third kappa shape index (κ3) is 4.01. The second kappa shape index (κ2) is 8.77. The van der Waals surface area contributed by atoms with E-state index in [1.807, 2.05) is 30.5 Å². The van der Waals surface area contributed by atoms with E-state index in [-0.39, 0.29) is 24.6 Å². The summed E-state index contributed by atoms with van der Waals surface area (Å²) in [6.45, 7) is 0.502. The number of anilines is 1. The molecular formula is C22H25N7O4. The zero-order chi connectivity index (χ0) is 22.9. The van der Waals surface area contributed by atoms with E-state index in [4.69, 9.17) is 10.5 Å². The van der Waals surface area contributed by atoms with E-state index in [0.717, 1.165) is 16.5 Å². The number of nitrogens with zero attached hydrogens (tertiary/aromatic N) is 4. The summed E-state index contributed by atoms with van der Waals surface area (Å²) in [5, 5.41) is 25.0. The van der Waals surface area contributed by atoms with Gasteiger partial charge in [-0.1, -0.05) is 18.2 Å². The number of nitrogen functional groups attached to an aromatic ring is 1. The number of H-pyrrole nitrogens is 1. The first-order valence-electron chi connectivity index (χ1n) is 10.8. The minimum atomic E-state index is -1.20. The molecule has 4 heterocycles. The monoisotopic (exact) mass is 451 g/mol. The Morgan fingerprint density at radius 2 is 2.06 bits per heavy atom. The van der Waals surface area contributed by atoms with Crippen molar-refractivity contribution in [1.29, 1.82) is 0 Å². The van der Waals surface area contributed by atoms with Crippen molar-refractivity contribution >= 4 is 33.8 Å². The van der Waals surface area contributed by atoms with E-state index >= 15 is 0 Å². The Kier molecular flexibility index (Phi) is 5.67. The van der Waals surface area contributed by atoms with Crippen molar-refractivity contribution in [2.24, 2.45) is 0 Å². The fourth-order valence-corrected chi connectivity index (χ4v) is 4.29. The Balaban J connectivity index is 1.15. The van der Waals surface area contributed by atoms with Gasteiger partial charge in [0.2, 0.25) is 5.91 Å². The van der Waals surface area contributed by atoms with Crippen LogP contribution in [0, 0.1) is 0 Å². The molecule has 172 valence electrons. The Hall–Kier alpha value is -3.54. The van der Waals surface area contributed by atoms with Crippen molar-refractivity contribution in [2.75, 3.05) is 12.3 Å². The predicted octanol–water partition coefficient (Wildman–Crippen LogP) is 0.648. The quantitative estimate of drug-likeness (QED) is 0.273. The van der Waals surface area contributed by atoms with Crippen LogP contribution in [0.4, 0.5) is 5.82 Å². The standard InChI is InChI=1S/C22H25N7O4/c23-20-17-21(27-10-26-20)29(11-28-17)22-19(32)18(31)15(33-22)5-6-16(30)24-8-7-12-9-25-14-4-2-1-3-13(12)14/h1-4,9-11,15,18-19,22,25,31-32H,5-8H2,(H,24,30)(H2,23,26,27). The first-order valence-corrected chi connectivity index (χ1v) is 10.8. The van der Waals surface area contributed by atoms with Crippen LogP contribution in [0.3, 0.4) is 0 Å². The number of nitrogens with one attached hydrogen (secondary N) is 2. The van der Waals surface area contributed by atoms with Crippen LogP contribution in [-0.2, 0) is 16.0 Å². The maximum Gasteiger partial charge on any atom is 0.220 e. The first kappa shape index (κ1) is 21.3. The van der Waals surface area contributed by atoms with Crippen LogP contribution >= 0.6 is 0 Å². The number of carbonyl (C=O) groups is 1. The van der Waals surface area contributed by atoms with Crippen LogP contribution in [0.25, 0.3) is 22.1 Å². The Labute approximate surface area is 188 Å². The maximum atomic E-state index is 12.3. The maximum absolute atomic E-state index is 12.3. The molecule has 0 aliphatic carbocycles. The number of aromatic amines is 1. The highest BCUT2D eigenvalue weighted by Crippen LogP contribution is 2.33. The number of hydrogen-bond donors (Lipinski definition) is 5. The van der Waals surface area contributed by atoms with Gasteiger partial charge in [-0.25, -0.2) is 15.0 Å². The van der Waals surface area contributed by atoms with Gasteiger partial charge in [0.1, 0.15) is 24.1 Å². The topological polar surface area (TPSA) is 164 Å². The van der Waals surface area contributed by atoms with Crippen LogP contribution in [0.2, 0.25) is 0 Å². The van der Waals surface area contributed by atoms with Gasteiger partial charge in [0.05, 0.1) is 12.4 Å². The van der Waals surface area contributed by atoms with Crippen molar-refractivity contribution < 1.29 is 19.7 Å². The van der Waals surface area contributed by atoms with Gasteiger partial charge in [0.15, 0.2) is 17.7 Å². The number of hydrogen-bond acceptors (Lipinski definition) is 8. The van der Waals surface area contributed by atoms with Crippen molar-refractivity contribution in [3.05, 3.63) is 48.7 Å². The van der Waals surface area contributed by atoms with Crippen LogP contribution in [0.5, 0.6) is 0 Å². The number of ether oxygens (including phenoxy) is 1. The molecule has 33 heavy (non-hydrogen) atoms. The SMILES string of the molecule is Nc1ncnc2c1ncn2C1OC(CCC(=O)NCCc2c[nH]c3ccccc23)C(O)C1O. The lowest BCUT2D eigenvalue weighted by atomic mass is 10.1. The molecule has 1 aromatic carbocycles. The molecule has 1 aliphatic rings. The largest absolute Gasteiger partial charge is 0.388 e. The molecule has 0 radical (unpaired) electrons. The van der Waals surface area contributed by atoms with Gasteiger partial charge in [0, 0.05) is 30.1 Å². The molecule has 0 bridgehead atoms. The molecule has 0 spiro atoms. The lowest BCUT2D eigenvalue weighted by molar-refractivity contribution is -0.122. The fraction of sp³-hybridized carbons (Fsp3) is 0.364. The van der Waals surface area contributed by atoms with Crippen molar-refractivity contribution in [2.45, 2.75) is 43.8 Å². The highest BCUT2D eigenvalue weighted by Gasteiger charge is 2.44. The Morgan fingerprint density at radius 3 is 2.94 bits per heavy atom. The predicted molar refractivity (Wildman–Crippen MR) is 120 cm³/mol. The van der Waals surface area contributed by atoms with Gasteiger partial charge in [0.25, 0.3) is 0 Å². The number of nitrogens with two attached hydrogens (primary N) is 1. The number of aromatic nitrogens is 5. The van der Waals surface area contributed by atoms with Gasteiger partial charge in [-0.05, 0) is 24.5 Å². The van der Waals surface area contributed by atoms with E-state index < -0.39 is 24.5 Å². The summed E-state index contributed by atoms with van der Waals surface area (Å²) in [7, 11) is 0. The fourth-order valence-electron chi connectivity index (χ4n) is 4.29. The normalized spacial score (nSPS) is 22.8. The number of rotatable bonds is 7. The first-order chi connectivity index (χ1) is 16.0. The van der Waals surface area contributed by atoms with E-state index in [0.29, 0.717) is 24.1 Å². The molecule has 11 nitrogen and oxygen atoms in total. The summed E-state index contributed by atoms with van der Waals surface area (Å²) in [6, 6.07) is 8.03. The number of imidazole rings is 1. The number of aliphatic hydroxyl groups excluding tert-OH is 2. The van der Waals surface area contributed by atoms with Gasteiger partial charge in [-0.15, -0.1) is 0 Å². The van der Waals surface area contributed by atoms with E-state index in [2.05, 4.69) is 25.3 Å². The molecule has 11 heteroatoms. The third-order valence-electron chi connectivity index (χ3n) is 6.05. The number of carbonyl (C=O) groups excluding carboxylic acids is 1. The van der Waals surface area contributed by atoms with Crippen LogP contribution < -0.4 is 11.1 Å². The number of amides is 1. The zero-order valence-electron chi connectivity index (χ0n) is 17.8. The molecular weight excluding hydrogens is 426 g/mol. The number of para-hydroxylation sites is 1. The van der Waals surface area contributed by atoms with Gasteiger partial charge in [-0.2, -0.15) is 0 Å². The van der Waals surface area contributed by atoms with E-state index in [1.165, 1.54) is 17.2 Å². The summed E-state index contributed by atoms with van der Waals surface area (Å²) in [5.41, 5.74) is 8.81. The van der Waals surface area contributed by atoms with Crippen LogP contribution in [-0.4, -0.2) is 65.5 Å². The molecule has 1 saturated heterocycles. The summed E-state index contributed by atoms with van der Waals surface area (Å²) < 4.78 is 7.39. The van der Waals surface area contributed by atoms with E-state index in [9.17, 15) is 15.0 Å². The van der Waals surface area contributed by atoms with Gasteiger partial charge >= 0.3 is 0 Å². The van der Waals surface area contributed by atoms with Crippen molar-refractivity contribution in [1.82, 2.24) is 29.8 Å². The molecule has 4 aromatic rings. The number of benzene rings is 1. The molecule has 1 amide bonds. The minimum Gasteiger partial charge on any atom is -0.388 e. The smallest absolute Gasteiger partial charge is 0.220 e. The molecule has 1 fully saturated rings. The van der Waals surface area contributed by atoms with Crippen molar-refractivity contribution in [3.8, 4) is 0 Å². The molecule has 4 unspecified atom stereocenters. The molecule has 1 aliphatic heterocycles. The van der Waals surface area contributed by atoms with Crippen LogP contribution in [0.15, 0.2) is 43.1 Å². The molecule has 4 atom stereocenters. The number of fused-ring (bicyclic) bond motifs is 2. The van der Waals surface area contributed by atoms with Crippen molar-refractivity contribution in [3.63, 3.8) is 0 Å². The van der Waals surface area contributed by atoms with Crippen LogP contribution in [0.1, 0.15) is 24.6 Å². The van der Waals surface area contributed by atoms with Gasteiger partial charge < -0.3 is 31.0 Å². The second-order valence-electron chi connectivity index (χ2n) is 8.13. The highest BCUT2D eigenvalue weighted by molar-refractivity contribution is 5.83.